The summed E-state index contributed by atoms with van der Waals surface area (Å²) in [6.07, 6.45) is 2.97. The number of nitrogens with one attached hydrogen (secondary N) is 1. The monoisotopic (exact) mass is 418 g/mol. The number of piperidine rings is 1. The molecule has 1 saturated heterocycles. The molecule has 29 heavy (non-hydrogen) atoms. The molecule has 1 fully saturated rings. The van der Waals surface area contributed by atoms with E-state index in [1.807, 2.05) is 0 Å². The predicted octanol–water partition coefficient (Wildman–Crippen LogP) is 3.06. The van der Waals surface area contributed by atoms with E-state index < -0.39 is 10.0 Å². The van der Waals surface area contributed by atoms with Crippen LogP contribution < -0.4 is 14.8 Å². The van der Waals surface area contributed by atoms with E-state index in [-0.39, 0.29) is 17.2 Å². The highest BCUT2D eigenvalue weighted by molar-refractivity contribution is 7.89. The Bertz CT molecular complexity index is 952. The van der Waals surface area contributed by atoms with Crippen molar-refractivity contribution in [2.24, 2.45) is 0 Å². The number of methoxy groups -OCH3 is 2. The third kappa shape index (κ3) is 5.07. The zero-order chi connectivity index (χ0) is 20.9. The van der Waals surface area contributed by atoms with E-state index in [1.165, 1.54) is 11.4 Å². The molecule has 0 saturated carbocycles. The van der Waals surface area contributed by atoms with Crippen LogP contribution in [-0.2, 0) is 21.2 Å². The number of amides is 1. The smallest absolute Gasteiger partial charge is 0.243 e. The largest absolute Gasteiger partial charge is 0.497 e. The van der Waals surface area contributed by atoms with Crippen molar-refractivity contribution < 1.29 is 22.7 Å². The summed E-state index contributed by atoms with van der Waals surface area (Å²) in [4.78, 5) is 12.7. The van der Waals surface area contributed by atoms with E-state index in [2.05, 4.69) is 5.32 Å². The molecule has 2 aromatic rings. The number of benzene rings is 2. The molecule has 0 radical (unpaired) electrons. The van der Waals surface area contributed by atoms with Gasteiger partial charge in [0.1, 0.15) is 11.5 Å². The average Bonchev–Trinajstić information content (AvgIpc) is 2.74. The summed E-state index contributed by atoms with van der Waals surface area (Å²) in [5.74, 6) is 0.902. The number of carbonyl (C=O) groups excluding carboxylic acids is 1. The first-order valence-corrected chi connectivity index (χ1v) is 11.0. The number of ether oxygens (including phenoxy) is 2. The Morgan fingerprint density at radius 1 is 1.00 bits per heavy atom. The Morgan fingerprint density at radius 3 is 2.31 bits per heavy atom. The lowest BCUT2D eigenvalue weighted by molar-refractivity contribution is -0.115. The van der Waals surface area contributed by atoms with Gasteiger partial charge in [-0.25, -0.2) is 8.42 Å². The first-order valence-electron chi connectivity index (χ1n) is 9.55. The fourth-order valence-corrected chi connectivity index (χ4v) is 4.84. The van der Waals surface area contributed by atoms with Crippen LogP contribution in [0.1, 0.15) is 24.8 Å². The van der Waals surface area contributed by atoms with Crippen LogP contribution in [0.4, 0.5) is 5.69 Å². The summed E-state index contributed by atoms with van der Waals surface area (Å²) in [5.41, 5.74) is 1.24. The Kier molecular flexibility index (Phi) is 6.76. The summed E-state index contributed by atoms with van der Waals surface area (Å²) in [6.45, 7) is 1.13. The van der Waals surface area contributed by atoms with Gasteiger partial charge >= 0.3 is 0 Å². The van der Waals surface area contributed by atoms with Gasteiger partial charge in [0.05, 0.1) is 31.2 Å². The number of anilines is 1. The van der Waals surface area contributed by atoms with Crippen molar-refractivity contribution in [3.8, 4) is 11.5 Å². The van der Waals surface area contributed by atoms with Gasteiger partial charge in [0.25, 0.3) is 0 Å². The Morgan fingerprint density at radius 2 is 1.69 bits per heavy atom. The molecule has 1 heterocycles. The second kappa shape index (κ2) is 9.28. The zero-order valence-corrected chi connectivity index (χ0v) is 17.5. The molecule has 1 aliphatic heterocycles. The fraction of sp³-hybridized carbons (Fsp3) is 0.381. The Balaban J connectivity index is 1.67. The van der Waals surface area contributed by atoms with Crippen molar-refractivity contribution in [2.75, 3.05) is 32.6 Å². The fourth-order valence-electron chi connectivity index (χ4n) is 3.33. The Hall–Kier alpha value is -2.58. The molecular formula is C21H26N2O5S. The van der Waals surface area contributed by atoms with Crippen molar-refractivity contribution in [3.05, 3.63) is 48.0 Å². The third-order valence-electron chi connectivity index (χ3n) is 4.92. The number of carbonyl (C=O) groups is 1. The van der Waals surface area contributed by atoms with Crippen LogP contribution in [0, 0.1) is 0 Å². The summed E-state index contributed by atoms with van der Waals surface area (Å²) in [6, 6.07) is 11.6. The quantitative estimate of drug-likeness (QED) is 0.747. The predicted molar refractivity (Wildman–Crippen MR) is 111 cm³/mol. The number of hydrogen-bond acceptors (Lipinski definition) is 5. The summed E-state index contributed by atoms with van der Waals surface area (Å²) in [7, 11) is -0.395. The summed E-state index contributed by atoms with van der Waals surface area (Å²) >= 11 is 0. The maximum Gasteiger partial charge on any atom is 0.243 e. The molecule has 156 valence electrons. The highest BCUT2D eigenvalue weighted by Crippen LogP contribution is 2.29. The number of hydrogen-bond donors (Lipinski definition) is 1. The molecule has 0 spiro atoms. The van der Waals surface area contributed by atoms with Crippen molar-refractivity contribution in [1.82, 2.24) is 4.31 Å². The second-order valence-corrected chi connectivity index (χ2v) is 8.84. The van der Waals surface area contributed by atoms with Gasteiger partial charge in [0.2, 0.25) is 15.9 Å². The molecule has 1 amide bonds. The second-order valence-electron chi connectivity index (χ2n) is 6.90. The lowest BCUT2D eigenvalue weighted by Crippen LogP contribution is -2.35. The Labute approximate surface area is 171 Å². The van der Waals surface area contributed by atoms with Crippen LogP contribution in [0.2, 0.25) is 0 Å². The van der Waals surface area contributed by atoms with Gasteiger partial charge in [-0.15, -0.1) is 0 Å². The van der Waals surface area contributed by atoms with Crippen molar-refractivity contribution in [3.63, 3.8) is 0 Å². The van der Waals surface area contributed by atoms with E-state index >= 15 is 0 Å². The van der Waals surface area contributed by atoms with E-state index in [0.717, 1.165) is 24.8 Å². The normalized spacial score (nSPS) is 15.0. The van der Waals surface area contributed by atoms with Gasteiger partial charge in [-0.2, -0.15) is 4.31 Å². The molecule has 1 N–H and O–H groups in total. The van der Waals surface area contributed by atoms with Gasteiger partial charge in [0, 0.05) is 19.2 Å². The van der Waals surface area contributed by atoms with E-state index in [4.69, 9.17) is 9.47 Å². The number of sulfonamides is 1. The maximum absolute atomic E-state index is 12.7. The minimum atomic E-state index is -3.47. The van der Waals surface area contributed by atoms with Crippen LogP contribution in [0.5, 0.6) is 11.5 Å². The van der Waals surface area contributed by atoms with Crippen molar-refractivity contribution in [1.29, 1.82) is 0 Å². The summed E-state index contributed by atoms with van der Waals surface area (Å²) < 4.78 is 37.4. The van der Waals surface area contributed by atoms with Crippen LogP contribution >= 0.6 is 0 Å². The standard InChI is InChI=1S/C21H26N2O5S/c1-27-17-8-11-20(28-2)19(15-17)22-21(24)14-16-6-9-18(10-7-16)29(25,26)23-12-4-3-5-13-23/h6-11,15H,3-5,12-14H2,1-2H3,(H,22,24). The number of nitrogens with zero attached hydrogens (tertiary/aromatic N) is 1. The first kappa shape index (κ1) is 21.1. The van der Waals surface area contributed by atoms with Gasteiger partial charge in [-0.1, -0.05) is 18.6 Å². The molecular weight excluding hydrogens is 392 g/mol. The lowest BCUT2D eigenvalue weighted by atomic mass is 10.1. The van der Waals surface area contributed by atoms with Gasteiger partial charge in [-0.05, 0) is 42.7 Å². The third-order valence-corrected chi connectivity index (χ3v) is 6.83. The average molecular weight is 419 g/mol. The van der Waals surface area contributed by atoms with Crippen LogP contribution in [0.3, 0.4) is 0 Å². The molecule has 2 aromatic carbocycles. The van der Waals surface area contributed by atoms with E-state index in [0.29, 0.717) is 30.3 Å². The van der Waals surface area contributed by atoms with Gasteiger partial charge in [-0.3, -0.25) is 4.79 Å². The minimum Gasteiger partial charge on any atom is -0.497 e. The minimum absolute atomic E-state index is 0.115. The molecule has 7 nitrogen and oxygen atoms in total. The van der Waals surface area contributed by atoms with Gasteiger partial charge in [0.15, 0.2) is 0 Å². The van der Waals surface area contributed by atoms with E-state index in [1.54, 1.807) is 49.6 Å². The highest BCUT2D eigenvalue weighted by Gasteiger charge is 2.25. The van der Waals surface area contributed by atoms with E-state index in [9.17, 15) is 13.2 Å². The topological polar surface area (TPSA) is 84.9 Å². The van der Waals surface area contributed by atoms with Crippen molar-refractivity contribution >= 4 is 21.6 Å². The highest BCUT2D eigenvalue weighted by atomic mass is 32.2. The molecule has 8 heteroatoms. The molecule has 1 aliphatic rings. The molecule has 0 bridgehead atoms. The maximum atomic E-state index is 12.7. The molecule has 0 aromatic heterocycles. The van der Waals surface area contributed by atoms with Crippen molar-refractivity contribution in [2.45, 2.75) is 30.6 Å². The first-order chi connectivity index (χ1) is 13.9. The molecule has 0 aliphatic carbocycles. The van der Waals surface area contributed by atoms with Crippen LogP contribution in [-0.4, -0.2) is 45.9 Å². The molecule has 0 unspecified atom stereocenters. The SMILES string of the molecule is COc1ccc(OC)c(NC(=O)Cc2ccc(S(=O)(=O)N3CCCCC3)cc2)c1. The van der Waals surface area contributed by atoms with Gasteiger partial charge < -0.3 is 14.8 Å². The van der Waals surface area contributed by atoms with Crippen LogP contribution in [0.25, 0.3) is 0 Å². The molecule has 3 rings (SSSR count). The lowest BCUT2D eigenvalue weighted by Gasteiger charge is -2.25. The zero-order valence-electron chi connectivity index (χ0n) is 16.7. The summed E-state index contributed by atoms with van der Waals surface area (Å²) in [5, 5.41) is 2.81. The molecule has 0 atom stereocenters. The van der Waals surface area contributed by atoms with Crippen LogP contribution in [0.15, 0.2) is 47.4 Å². The number of rotatable bonds is 7.